The highest BCUT2D eigenvalue weighted by Crippen LogP contribution is 2.21. The van der Waals surface area contributed by atoms with Crippen molar-refractivity contribution in [3.63, 3.8) is 0 Å². The first-order valence-corrected chi connectivity index (χ1v) is 7.79. The summed E-state index contributed by atoms with van der Waals surface area (Å²) < 4.78 is 5.19. The average molecular weight is 419 g/mol. The van der Waals surface area contributed by atoms with Gasteiger partial charge in [0.2, 0.25) is 0 Å². The Labute approximate surface area is 152 Å². The first kappa shape index (κ1) is 21.0. The molecule has 5 heteroatoms. The lowest BCUT2D eigenvalue weighted by atomic mass is 9.98. The third-order valence-electron chi connectivity index (χ3n) is 3.60. The fraction of sp³-hybridized carbons (Fsp3) is 0.588. The Kier molecular flexibility index (Phi) is 12.0. The minimum Gasteiger partial charge on any atom is -0.497 e. The summed E-state index contributed by atoms with van der Waals surface area (Å²) in [5.74, 6) is 2.31. The molecule has 0 bridgehead atoms. The molecule has 0 spiro atoms. The fourth-order valence-electron chi connectivity index (χ4n) is 2.11. The third kappa shape index (κ3) is 7.87. The van der Waals surface area contributed by atoms with Crippen molar-refractivity contribution >= 4 is 29.9 Å². The van der Waals surface area contributed by atoms with Crippen molar-refractivity contribution in [3.05, 3.63) is 29.8 Å². The Morgan fingerprint density at radius 1 is 1.18 bits per heavy atom. The second-order valence-corrected chi connectivity index (χ2v) is 5.24. The molecule has 0 radical (unpaired) electrons. The topological polar surface area (TPSA) is 45.7 Å². The van der Waals surface area contributed by atoms with Crippen LogP contribution in [-0.4, -0.2) is 33.2 Å². The van der Waals surface area contributed by atoms with Gasteiger partial charge in [-0.1, -0.05) is 32.4 Å². The van der Waals surface area contributed by atoms with Crippen LogP contribution >= 0.6 is 24.0 Å². The van der Waals surface area contributed by atoms with E-state index in [0.717, 1.165) is 31.2 Å². The number of ether oxygens (including phenoxy) is 1. The van der Waals surface area contributed by atoms with E-state index in [2.05, 4.69) is 41.6 Å². The van der Waals surface area contributed by atoms with E-state index in [1.807, 2.05) is 19.2 Å². The molecule has 0 fully saturated rings. The van der Waals surface area contributed by atoms with Crippen LogP contribution in [0.2, 0.25) is 0 Å². The zero-order valence-corrected chi connectivity index (χ0v) is 16.5. The zero-order valence-electron chi connectivity index (χ0n) is 14.2. The maximum atomic E-state index is 5.19. The Hall–Kier alpha value is -0.980. The van der Waals surface area contributed by atoms with Crippen LogP contribution in [0.5, 0.6) is 5.75 Å². The number of nitrogens with zero attached hydrogens (tertiary/aromatic N) is 1. The minimum absolute atomic E-state index is 0. The van der Waals surface area contributed by atoms with Crippen LogP contribution in [0.4, 0.5) is 0 Å². The van der Waals surface area contributed by atoms with E-state index in [-0.39, 0.29) is 24.0 Å². The summed E-state index contributed by atoms with van der Waals surface area (Å²) in [6.07, 6.45) is 3.43. The molecule has 0 aliphatic rings. The summed E-state index contributed by atoms with van der Waals surface area (Å²) in [5, 5.41) is 6.69. The molecule has 0 saturated carbocycles. The Balaban J connectivity index is 0.00000441. The lowest BCUT2D eigenvalue weighted by molar-refractivity contribution is 0.414. The van der Waals surface area contributed by atoms with Crippen LogP contribution in [-0.2, 0) is 0 Å². The normalized spacial score (nSPS) is 12.3. The van der Waals surface area contributed by atoms with Crippen LogP contribution < -0.4 is 15.4 Å². The van der Waals surface area contributed by atoms with Gasteiger partial charge in [0, 0.05) is 20.1 Å². The van der Waals surface area contributed by atoms with Gasteiger partial charge in [-0.05, 0) is 36.5 Å². The van der Waals surface area contributed by atoms with Crippen molar-refractivity contribution in [2.24, 2.45) is 4.99 Å². The molecular weight excluding hydrogens is 389 g/mol. The number of methoxy groups -OCH3 is 1. The number of aliphatic imine (C=N–C) groups is 1. The van der Waals surface area contributed by atoms with Crippen molar-refractivity contribution < 1.29 is 4.74 Å². The SMILES string of the molecule is CCCCNC(=NC)NCCC(C)c1ccc(OC)cc1.I. The molecule has 0 amide bonds. The number of halogens is 1. The predicted octanol–water partition coefficient (Wildman–Crippen LogP) is 3.77. The van der Waals surface area contributed by atoms with E-state index in [4.69, 9.17) is 4.74 Å². The van der Waals surface area contributed by atoms with Gasteiger partial charge in [0.05, 0.1) is 7.11 Å². The molecule has 0 aromatic heterocycles. The number of hydrogen-bond donors (Lipinski definition) is 2. The minimum atomic E-state index is 0. The summed E-state index contributed by atoms with van der Waals surface area (Å²) in [6.45, 7) is 6.33. The summed E-state index contributed by atoms with van der Waals surface area (Å²) in [4.78, 5) is 4.23. The van der Waals surface area contributed by atoms with Crippen molar-refractivity contribution in [1.29, 1.82) is 0 Å². The maximum Gasteiger partial charge on any atom is 0.190 e. The Morgan fingerprint density at radius 3 is 2.36 bits per heavy atom. The van der Waals surface area contributed by atoms with Crippen LogP contribution in [0.3, 0.4) is 0 Å². The van der Waals surface area contributed by atoms with Crippen molar-refractivity contribution in [2.75, 3.05) is 27.2 Å². The average Bonchev–Trinajstić information content (AvgIpc) is 2.53. The van der Waals surface area contributed by atoms with Crippen LogP contribution in [0.15, 0.2) is 29.3 Å². The van der Waals surface area contributed by atoms with E-state index >= 15 is 0 Å². The number of unbranched alkanes of at least 4 members (excludes halogenated alkanes) is 1. The first-order chi connectivity index (χ1) is 10.2. The maximum absolute atomic E-state index is 5.19. The highest BCUT2D eigenvalue weighted by molar-refractivity contribution is 14.0. The van der Waals surface area contributed by atoms with Crippen molar-refractivity contribution in [1.82, 2.24) is 10.6 Å². The van der Waals surface area contributed by atoms with Gasteiger partial charge >= 0.3 is 0 Å². The molecular formula is C17H30IN3O. The second kappa shape index (κ2) is 12.6. The fourth-order valence-corrected chi connectivity index (χ4v) is 2.11. The smallest absolute Gasteiger partial charge is 0.190 e. The summed E-state index contributed by atoms with van der Waals surface area (Å²) in [6, 6.07) is 8.31. The van der Waals surface area contributed by atoms with E-state index in [0.29, 0.717) is 5.92 Å². The molecule has 0 aliphatic carbocycles. The van der Waals surface area contributed by atoms with Gasteiger partial charge in [0.25, 0.3) is 0 Å². The highest BCUT2D eigenvalue weighted by atomic mass is 127. The second-order valence-electron chi connectivity index (χ2n) is 5.24. The van der Waals surface area contributed by atoms with Crippen LogP contribution in [0.25, 0.3) is 0 Å². The standard InChI is InChI=1S/C17H29N3O.HI/c1-5-6-12-19-17(18-3)20-13-11-14(2)15-7-9-16(21-4)10-8-15;/h7-10,14H,5-6,11-13H2,1-4H3,(H2,18,19,20);1H. The molecule has 0 aliphatic heterocycles. The number of hydrogen-bond acceptors (Lipinski definition) is 2. The Morgan fingerprint density at radius 2 is 1.82 bits per heavy atom. The monoisotopic (exact) mass is 419 g/mol. The molecule has 0 saturated heterocycles. The van der Waals surface area contributed by atoms with Gasteiger partial charge in [0.1, 0.15) is 5.75 Å². The molecule has 1 aromatic carbocycles. The molecule has 4 nitrogen and oxygen atoms in total. The summed E-state index contributed by atoms with van der Waals surface area (Å²) in [7, 11) is 3.51. The molecule has 22 heavy (non-hydrogen) atoms. The van der Waals surface area contributed by atoms with Gasteiger partial charge in [-0.3, -0.25) is 4.99 Å². The summed E-state index contributed by atoms with van der Waals surface area (Å²) in [5.41, 5.74) is 1.34. The highest BCUT2D eigenvalue weighted by Gasteiger charge is 2.06. The quantitative estimate of drug-likeness (QED) is 0.292. The van der Waals surface area contributed by atoms with Gasteiger partial charge < -0.3 is 15.4 Å². The molecule has 1 aromatic rings. The van der Waals surface area contributed by atoms with Gasteiger partial charge in [-0.15, -0.1) is 24.0 Å². The van der Waals surface area contributed by atoms with Gasteiger partial charge in [-0.25, -0.2) is 0 Å². The van der Waals surface area contributed by atoms with Gasteiger partial charge in [0.15, 0.2) is 5.96 Å². The van der Waals surface area contributed by atoms with E-state index in [1.165, 1.54) is 18.4 Å². The van der Waals surface area contributed by atoms with E-state index in [9.17, 15) is 0 Å². The molecule has 126 valence electrons. The van der Waals surface area contributed by atoms with E-state index < -0.39 is 0 Å². The van der Waals surface area contributed by atoms with Crippen molar-refractivity contribution in [2.45, 2.75) is 39.0 Å². The number of guanidine groups is 1. The van der Waals surface area contributed by atoms with Crippen molar-refractivity contribution in [3.8, 4) is 5.75 Å². The number of benzene rings is 1. The first-order valence-electron chi connectivity index (χ1n) is 7.79. The molecule has 1 atom stereocenters. The zero-order chi connectivity index (χ0) is 15.5. The predicted molar refractivity (Wildman–Crippen MR) is 106 cm³/mol. The largest absolute Gasteiger partial charge is 0.497 e. The third-order valence-corrected chi connectivity index (χ3v) is 3.60. The number of nitrogens with one attached hydrogen (secondary N) is 2. The molecule has 0 heterocycles. The summed E-state index contributed by atoms with van der Waals surface area (Å²) >= 11 is 0. The van der Waals surface area contributed by atoms with Crippen LogP contribution in [0.1, 0.15) is 44.6 Å². The lowest BCUT2D eigenvalue weighted by Crippen LogP contribution is -2.38. The Bertz CT molecular complexity index is 420. The molecule has 1 unspecified atom stereocenters. The molecule has 1 rings (SSSR count). The molecule has 2 N–H and O–H groups in total. The van der Waals surface area contributed by atoms with Crippen LogP contribution in [0, 0.1) is 0 Å². The van der Waals surface area contributed by atoms with E-state index in [1.54, 1.807) is 7.11 Å². The van der Waals surface area contributed by atoms with Gasteiger partial charge in [-0.2, -0.15) is 0 Å². The lowest BCUT2D eigenvalue weighted by Gasteiger charge is -2.15. The number of rotatable bonds is 8.